The van der Waals surface area contributed by atoms with Gasteiger partial charge in [-0.1, -0.05) is 12.1 Å². The van der Waals surface area contributed by atoms with Crippen LogP contribution in [0.15, 0.2) is 30.5 Å². The highest BCUT2D eigenvalue weighted by Gasteiger charge is 2.40. The molecule has 7 nitrogen and oxygen atoms in total. The highest BCUT2D eigenvalue weighted by molar-refractivity contribution is 5.95. The summed E-state index contributed by atoms with van der Waals surface area (Å²) in [5, 5.41) is 9.96. The van der Waals surface area contributed by atoms with E-state index in [2.05, 4.69) is 14.9 Å². The van der Waals surface area contributed by atoms with E-state index in [1.165, 1.54) is 0 Å². The van der Waals surface area contributed by atoms with Gasteiger partial charge in [0.2, 0.25) is 0 Å². The third-order valence-corrected chi connectivity index (χ3v) is 7.56. The number of hydrogen-bond acceptors (Lipinski definition) is 5. The number of H-pyrrole nitrogens is 1. The molecule has 6 rings (SSSR count). The fraction of sp³-hybridized carbons (Fsp3) is 0.407. The number of aromatic amines is 1. The molecule has 1 saturated carbocycles. The number of pyridine rings is 1. The maximum Gasteiger partial charge on any atom is 0.337 e. The van der Waals surface area contributed by atoms with Crippen LogP contribution in [0.25, 0.3) is 22.5 Å². The van der Waals surface area contributed by atoms with Crippen LogP contribution in [0.5, 0.6) is 0 Å². The van der Waals surface area contributed by atoms with Crippen LogP contribution >= 0.6 is 0 Å². The predicted octanol–water partition coefficient (Wildman–Crippen LogP) is 3.55. The van der Waals surface area contributed by atoms with E-state index in [0.29, 0.717) is 67.1 Å². The average Bonchev–Trinajstić information content (AvgIpc) is 3.45. The van der Waals surface area contributed by atoms with E-state index in [9.17, 15) is 9.90 Å². The van der Waals surface area contributed by atoms with Crippen molar-refractivity contribution < 1.29 is 19.0 Å². The minimum Gasteiger partial charge on any atom is -0.478 e. The van der Waals surface area contributed by atoms with E-state index in [-0.39, 0.29) is 11.4 Å². The number of fused-ring (bicyclic) bond motifs is 3. The summed E-state index contributed by atoms with van der Waals surface area (Å²) in [6.07, 6.45) is 5.54. The molecule has 4 N–H and O–H groups in total. The third kappa shape index (κ3) is 4.26. The molecule has 0 radical (unpaired) electrons. The van der Waals surface area contributed by atoms with E-state index in [1.54, 1.807) is 6.07 Å². The van der Waals surface area contributed by atoms with Gasteiger partial charge < -0.3 is 20.6 Å². The lowest BCUT2D eigenvalue weighted by Crippen LogP contribution is -2.35. The summed E-state index contributed by atoms with van der Waals surface area (Å²) < 4.78 is 20.4. The Labute approximate surface area is 203 Å². The van der Waals surface area contributed by atoms with E-state index < -0.39 is 5.97 Å². The van der Waals surface area contributed by atoms with Gasteiger partial charge in [0, 0.05) is 60.2 Å². The van der Waals surface area contributed by atoms with Crippen LogP contribution < -0.4 is 5.73 Å². The molecule has 3 aromatic rings. The summed E-state index contributed by atoms with van der Waals surface area (Å²) in [5.41, 5.74) is 12.8. The molecule has 2 aromatic heterocycles. The molecule has 0 unspecified atom stereocenters. The van der Waals surface area contributed by atoms with Gasteiger partial charge in [0.05, 0.1) is 30.2 Å². The number of aromatic carboxylic acids is 1. The number of hydrogen-bond donors (Lipinski definition) is 3. The summed E-state index contributed by atoms with van der Waals surface area (Å²) in [4.78, 5) is 22.4. The lowest BCUT2D eigenvalue weighted by Gasteiger charge is -2.26. The quantitative estimate of drug-likeness (QED) is 0.503. The Morgan fingerprint density at radius 2 is 2.03 bits per heavy atom. The number of aryl methyl sites for hydroxylation is 1. The van der Waals surface area contributed by atoms with Gasteiger partial charge in [-0.2, -0.15) is 0 Å². The Bertz CT molecular complexity index is 1310. The molecule has 0 bridgehead atoms. The highest BCUT2D eigenvalue weighted by Crippen LogP contribution is 2.41. The van der Waals surface area contributed by atoms with E-state index in [4.69, 9.17) is 10.5 Å². The monoisotopic (exact) mass is 476 g/mol. The zero-order valence-electron chi connectivity index (χ0n) is 19.6. The molecule has 35 heavy (non-hydrogen) atoms. The van der Waals surface area contributed by atoms with Crippen molar-refractivity contribution in [3.05, 3.63) is 64.2 Å². The number of rotatable bonds is 6. The second-order valence-corrected chi connectivity index (χ2v) is 10.1. The van der Waals surface area contributed by atoms with E-state index >= 15 is 4.39 Å². The molecule has 0 atom stereocenters. The number of ether oxygens (including phenoxy) is 1. The minimum atomic E-state index is -0.919. The largest absolute Gasteiger partial charge is 0.478 e. The number of carboxylic acids is 1. The first-order valence-corrected chi connectivity index (χ1v) is 12.2. The normalized spacial score (nSPS) is 18.7. The van der Waals surface area contributed by atoms with Gasteiger partial charge in [0.1, 0.15) is 5.82 Å². The van der Waals surface area contributed by atoms with Gasteiger partial charge in [-0.15, -0.1) is 0 Å². The number of nitrogens with one attached hydrogen (secondary N) is 1. The number of carboxylic acid groups (broad SMARTS) is 1. The smallest absolute Gasteiger partial charge is 0.337 e. The van der Waals surface area contributed by atoms with Crippen molar-refractivity contribution in [2.45, 2.75) is 44.2 Å². The second-order valence-electron chi connectivity index (χ2n) is 10.1. The van der Waals surface area contributed by atoms with E-state index in [1.807, 2.05) is 24.4 Å². The lowest BCUT2D eigenvalue weighted by atomic mass is 9.88. The number of halogens is 1. The van der Waals surface area contributed by atoms with Gasteiger partial charge in [0.15, 0.2) is 0 Å². The summed E-state index contributed by atoms with van der Waals surface area (Å²) >= 11 is 0. The van der Waals surface area contributed by atoms with Gasteiger partial charge >= 0.3 is 5.97 Å². The summed E-state index contributed by atoms with van der Waals surface area (Å²) in [6, 6.07) is 7.23. The number of carbonyl (C=O) groups is 1. The zero-order valence-corrected chi connectivity index (χ0v) is 19.6. The van der Waals surface area contributed by atoms with Crippen LogP contribution in [-0.2, 0) is 30.5 Å². The second kappa shape index (κ2) is 8.55. The van der Waals surface area contributed by atoms with Crippen LogP contribution in [0.1, 0.15) is 45.6 Å². The van der Waals surface area contributed by atoms with Crippen molar-refractivity contribution in [3.63, 3.8) is 0 Å². The molecule has 0 amide bonds. The van der Waals surface area contributed by atoms with Gasteiger partial charge in [-0.05, 0) is 48.9 Å². The van der Waals surface area contributed by atoms with Crippen molar-refractivity contribution in [2.24, 2.45) is 5.73 Å². The Kier molecular flexibility index (Phi) is 5.47. The first-order chi connectivity index (χ1) is 16.9. The van der Waals surface area contributed by atoms with Gasteiger partial charge in [-0.25, -0.2) is 9.18 Å². The maximum absolute atomic E-state index is 15.0. The Hall–Kier alpha value is -3.07. The van der Waals surface area contributed by atoms with Crippen molar-refractivity contribution in [1.82, 2.24) is 14.9 Å². The standard InChI is InChI=1S/C27H29FN4O3/c28-21-11-16(1-2-18(21)15-32-7-9-35-10-8-32)22-12-20-17(14-30-22)3-4-19-24(26(33)34)23(31-25(19)20)13-27(29)5-6-27/h1-2,11-12,14,31H,3-10,13,15,29H2,(H,33,34). The lowest BCUT2D eigenvalue weighted by molar-refractivity contribution is 0.0337. The number of aromatic nitrogens is 2. The summed E-state index contributed by atoms with van der Waals surface area (Å²) in [7, 11) is 0. The first kappa shape index (κ1) is 22.4. The molecule has 182 valence electrons. The van der Waals surface area contributed by atoms with Crippen molar-refractivity contribution in [2.75, 3.05) is 26.3 Å². The van der Waals surface area contributed by atoms with Crippen LogP contribution in [0.4, 0.5) is 4.39 Å². The maximum atomic E-state index is 15.0. The molecule has 2 fully saturated rings. The molecule has 8 heteroatoms. The van der Waals surface area contributed by atoms with Crippen LogP contribution in [0.3, 0.4) is 0 Å². The molecular formula is C27H29FN4O3. The minimum absolute atomic E-state index is 0.248. The van der Waals surface area contributed by atoms with Gasteiger partial charge in [-0.3, -0.25) is 9.88 Å². The average molecular weight is 477 g/mol. The van der Waals surface area contributed by atoms with Crippen molar-refractivity contribution >= 4 is 5.97 Å². The molecular weight excluding hydrogens is 447 g/mol. The molecule has 1 aromatic carbocycles. The SMILES string of the molecule is NC1(Cc2[nH]c3c(c2C(=O)O)CCc2cnc(-c4ccc(CN5CCOCC5)c(F)c4)cc2-3)CC1. The number of nitrogens with two attached hydrogens (primary N) is 1. The third-order valence-electron chi connectivity index (χ3n) is 7.56. The molecule has 0 spiro atoms. The van der Waals surface area contributed by atoms with Crippen molar-refractivity contribution in [1.29, 1.82) is 0 Å². The topological polar surface area (TPSA) is 104 Å². The van der Waals surface area contributed by atoms with Gasteiger partial charge in [0.25, 0.3) is 0 Å². The Morgan fingerprint density at radius 1 is 1.23 bits per heavy atom. The number of morpholine rings is 1. The van der Waals surface area contributed by atoms with E-state index in [0.717, 1.165) is 48.3 Å². The number of benzene rings is 1. The molecule has 2 aliphatic carbocycles. The first-order valence-electron chi connectivity index (χ1n) is 12.2. The molecule has 3 aliphatic rings. The summed E-state index contributed by atoms with van der Waals surface area (Å²) in [5.74, 6) is -1.17. The summed E-state index contributed by atoms with van der Waals surface area (Å²) in [6.45, 7) is 3.52. The van der Waals surface area contributed by atoms with Crippen molar-refractivity contribution in [3.8, 4) is 22.5 Å². The highest BCUT2D eigenvalue weighted by atomic mass is 19.1. The fourth-order valence-electron chi connectivity index (χ4n) is 5.32. The Balaban J connectivity index is 1.33. The molecule has 1 aliphatic heterocycles. The van der Waals surface area contributed by atoms with Crippen LogP contribution in [0.2, 0.25) is 0 Å². The van der Waals surface area contributed by atoms with Crippen LogP contribution in [0, 0.1) is 5.82 Å². The molecule has 3 heterocycles. The van der Waals surface area contributed by atoms with Crippen LogP contribution in [-0.4, -0.2) is 57.8 Å². The number of nitrogens with zero attached hydrogens (tertiary/aromatic N) is 2. The zero-order chi connectivity index (χ0) is 24.2. The fourth-order valence-corrected chi connectivity index (χ4v) is 5.32. The molecule has 1 saturated heterocycles. The Morgan fingerprint density at radius 3 is 2.74 bits per heavy atom. The predicted molar refractivity (Wildman–Crippen MR) is 130 cm³/mol.